The van der Waals surface area contributed by atoms with E-state index in [0.29, 0.717) is 43.2 Å². The average Bonchev–Trinajstić information content (AvgIpc) is 3.25. The maximum atomic E-state index is 13.6. The summed E-state index contributed by atoms with van der Waals surface area (Å²) in [6.45, 7) is 6.88. The first kappa shape index (κ1) is 27.8. The molecule has 0 saturated carbocycles. The minimum Gasteiger partial charge on any atom is -0.466 e. The number of urea groups is 1. The molecule has 11 heteroatoms. The zero-order chi connectivity index (χ0) is 27.3. The fraction of sp³-hybridized carbons (Fsp3) is 0.556. The van der Waals surface area contributed by atoms with Crippen molar-refractivity contribution >= 4 is 50.2 Å². The quantitative estimate of drug-likeness (QED) is 0.438. The van der Waals surface area contributed by atoms with Gasteiger partial charge in [0.25, 0.3) is 5.91 Å². The predicted molar refractivity (Wildman–Crippen MR) is 147 cm³/mol. The molecule has 2 fully saturated rings. The Morgan fingerprint density at radius 2 is 1.87 bits per heavy atom. The number of nitrogens with one attached hydrogen (secondary N) is 2. The summed E-state index contributed by atoms with van der Waals surface area (Å²) in [4.78, 5) is 54.9. The normalized spacial score (nSPS) is 20.7. The molecule has 38 heavy (non-hydrogen) atoms. The van der Waals surface area contributed by atoms with Crippen LogP contribution in [0.1, 0.15) is 56.3 Å². The SMILES string of the molecule is CCNC(=O)CC1(C(=O)OCC)CCCN(C2CCN(C(=O)c3c(NC(N)=O)sc4ccccc34)CC2)C1. The van der Waals surface area contributed by atoms with Gasteiger partial charge < -0.3 is 20.7 Å². The number of carbonyl (C=O) groups excluding carboxylic acids is 4. The molecular formula is C27H37N5O5S. The van der Waals surface area contributed by atoms with Crippen molar-refractivity contribution in [2.75, 3.05) is 44.6 Å². The van der Waals surface area contributed by atoms with E-state index in [1.54, 1.807) is 6.92 Å². The molecule has 2 aromatic rings. The van der Waals surface area contributed by atoms with Crippen LogP contribution in [-0.4, -0.2) is 79.0 Å². The van der Waals surface area contributed by atoms with Crippen molar-refractivity contribution in [3.63, 3.8) is 0 Å². The van der Waals surface area contributed by atoms with Gasteiger partial charge in [0.15, 0.2) is 0 Å². The highest BCUT2D eigenvalue weighted by molar-refractivity contribution is 7.23. The molecule has 1 aromatic heterocycles. The molecule has 2 saturated heterocycles. The summed E-state index contributed by atoms with van der Waals surface area (Å²) >= 11 is 1.34. The second kappa shape index (κ2) is 12.1. The highest BCUT2D eigenvalue weighted by Gasteiger charge is 2.46. The maximum Gasteiger partial charge on any atom is 0.317 e. The molecule has 0 aliphatic carbocycles. The summed E-state index contributed by atoms with van der Waals surface area (Å²) in [6.07, 6.45) is 3.06. The average molecular weight is 544 g/mol. The van der Waals surface area contributed by atoms with Crippen molar-refractivity contribution in [2.45, 2.75) is 52.0 Å². The molecule has 206 valence electrons. The number of hydrogen-bond donors (Lipinski definition) is 3. The third-order valence-corrected chi connectivity index (χ3v) is 8.59. The van der Waals surface area contributed by atoms with Crippen LogP contribution in [0.3, 0.4) is 0 Å². The molecule has 0 radical (unpaired) electrons. The van der Waals surface area contributed by atoms with Gasteiger partial charge in [-0.25, -0.2) is 4.79 Å². The topological polar surface area (TPSA) is 134 Å². The van der Waals surface area contributed by atoms with Crippen molar-refractivity contribution < 1.29 is 23.9 Å². The van der Waals surface area contributed by atoms with Crippen LogP contribution in [0.15, 0.2) is 24.3 Å². The lowest BCUT2D eigenvalue weighted by molar-refractivity contribution is -0.162. The first-order chi connectivity index (χ1) is 18.3. The van der Waals surface area contributed by atoms with Crippen LogP contribution in [0.5, 0.6) is 0 Å². The van der Waals surface area contributed by atoms with E-state index in [-0.39, 0.29) is 36.9 Å². The summed E-state index contributed by atoms with van der Waals surface area (Å²) in [7, 11) is 0. The van der Waals surface area contributed by atoms with Crippen LogP contribution >= 0.6 is 11.3 Å². The Bertz CT molecular complexity index is 1190. The molecule has 1 unspecified atom stereocenters. The number of thiophene rings is 1. The van der Waals surface area contributed by atoms with Gasteiger partial charge in [0.2, 0.25) is 5.91 Å². The van der Waals surface area contributed by atoms with Crippen LogP contribution in [0.2, 0.25) is 0 Å². The number of rotatable bonds is 8. The van der Waals surface area contributed by atoms with Gasteiger partial charge in [-0.05, 0) is 52.1 Å². The first-order valence-corrected chi connectivity index (χ1v) is 14.1. The molecule has 2 aliphatic rings. The molecule has 1 atom stereocenters. The minimum absolute atomic E-state index is 0.119. The minimum atomic E-state index is -0.856. The number of nitrogens with two attached hydrogens (primary N) is 1. The number of nitrogens with zero attached hydrogens (tertiary/aromatic N) is 2. The number of carbonyl (C=O) groups is 4. The van der Waals surface area contributed by atoms with Crippen molar-refractivity contribution in [3.05, 3.63) is 29.8 Å². The number of amides is 4. The van der Waals surface area contributed by atoms with Gasteiger partial charge in [-0.1, -0.05) is 18.2 Å². The number of ether oxygens (including phenoxy) is 1. The number of hydrogen-bond acceptors (Lipinski definition) is 7. The molecule has 4 amide bonds. The van der Waals surface area contributed by atoms with Crippen molar-refractivity contribution in [2.24, 2.45) is 11.1 Å². The molecule has 4 N–H and O–H groups in total. The number of benzene rings is 1. The molecular weight excluding hydrogens is 506 g/mol. The molecule has 4 rings (SSSR count). The highest BCUT2D eigenvalue weighted by Crippen LogP contribution is 2.39. The molecule has 2 aliphatic heterocycles. The lowest BCUT2D eigenvalue weighted by Gasteiger charge is -2.46. The summed E-state index contributed by atoms with van der Waals surface area (Å²) in [6, 6.07) is 7.07. The van der Waals surface area contributed by atoms with Crippen LogP contribution in [0.25, 0.3) is 10.1 Å². The third-order valence-electron chi connectivity index (χ3n) is 7.50. The lowest BCUT2D eigenvalue weighted by atomic mass is 9.76. The Morgan fingerprint density at radius 3 is 2.55 bits per heavy atom. The van der Waals surface area contributed by atoms with E-state index >= 15 is 0 Å². The van der Waals surface area contributed by atoms with Gasteiger partial charge in [-0.15, -0.1) is 11.3 Å². The predicted octanol–water partition coefficient (Wildman–Crippen LogP) is 3.17. The fourth-order valence-corrected chi connectivity index (χ4v) is 6.86. The maximum absolute atomic E-state index is 13.6. The summed E-state index contributed by atoms with van der Waals surface area (Å²) in [5.74, 6) is -0.561. The largest absolute Gasteiger partial charge is 0.466 e. The number of primary amides is 1. The van der Waals surface area contributed by atoms with Gasteiger partial charge >= 0.3 is 12.0 Å². The van der Waals surface area contributed by atoms with Crippen molar-refractivity contribution in [1.82, 2.24) is 15.1 Å². The Labute approximate surface area is 226 Å². The Morgan fingerprint density at radius 1 is 1.13 bits per heavy atom. The van der Waals surface area contributed by atoms with Crippen LogP contribution in [0.4, 0.5) is 9.80 Å². The van der Waals surface area contributed by atoms with Crippen molar-refractivity contribution in [3.8, 4) is 0 Å². The summed E-state index contributed by atoms with van der Waals surface area (Å²) in [5, 5.41) is 6.71. The number of fused-ring (bicyclic) bond motifs is 1. The Hall–Kier alpha value is -3.18. The zero-order valence-corrected chi connectivity index (χ0v) is 22.9. The second-order valence-electron chi connectivity index (χ2n) is 10.0. The van der Waals surface area contributed by atoms with E-state index in [1.165, 1.54) is 11.3 Å². The van der Waals surface area contributed by atoms with Crippen LogP contribution in [0, 0.1) is 5.41 Å². The third kappa shape index (κ3) is 5.94. The van der Waals surface area contributed by atoms with E-state index < -0.39 is 11.4 Å². The summed E-state index contributed by atoms with van der Waals surface area (Å²) in [5.41, 5.74) is 4.99. The highest BCUT2D eigenvalue weighted by atomic mass is 32.1. The zero-order valence-electron chi connectivity index (χ0n) is 22.1. The molecule has 0 bridgehead atoms. The molecule has 1 aromatic carbocycles. The number of esters is 1. The molecule has 0 spiro atoms. The van der Waals surface area contributed by atoms with E-state index in [1.807, 2.05) is 36.1 Å². The standard InChI is InChI=1S/C27H37N5O5S/c1-3-29-21(33)16-27(25(35)37-4-2)12-7-13-32(17-27)18-10-14-31(15-11-18)24(34)22-19-8-5-6-9-20(19)38-23(22)30-26(28)36/h5-6,8-9,18H,3-4,7,10-17H2,1-2H3,(H,29,33)(H3,28,30,36). The van der Waals surface area contributed by atoms with E-state index in [0.717, 1.165) is 35.9 Å². The lowest BCUT2D eigenvalue weighted by Crippen LogP contribution is -2.55. The molecule has 10 nitrogen and oxygen atoms in total. The number of likely N-dealkylation sites (tertiary alicyclic amines) is 2. The number of anilines is 1. The van der Waals surface area contributed by atoms with E-state index in [2.05, 4.69) is 15.5 Å². The second-order valence-corrected chi connectivity index (χ2v) is 11.1. The first-order valence-electron chi connectivity index (χ1n) is 13.3. The van der Waals surface area contributed by atoms with Gasteiger partial charge in [-0.3, -0.25) is 24.6 Å². The molecule has 3 heterocycles. The van der Waals surface area contributed by atoms with E-state index in [4.69, 9.17) is 10.5 Å². The summed E-state index contributed by atoms with van der Waals surface area (Å²) < 4.78 is 6.33. The number of piperidine rings is 2. The smallest absolute Gasteiger partial charge is 0.317 e. The Kier molecular flexibility index (Phi) is 8.88. The van der Waals surface area contributed by atoms with Gasteiger partial charge in [-0.2, -0.15) is 0 Å². The fourth-order valence-electron chi connectivity index (χ4n) is 5.76. The van der Waals surface area contributed by atoms with Crippen LogP contribution < -0.4 is 16.4 Å². The van der Waals surface area contributed by atoms with Gasteiger partial charge in [0.1, 0.15) is 5.00 Å². The monoisotopic (exact) mass is 543 g/mol. The van der Waals surface area contributed by atoms with Crippen LogP contribution in [-0.2, 0) is 14.3 Å². The van der Waals surface area contributed by atoms with E-state index in [9.17, 15) is 19.2 Å². The van der Waals surface area contributed by atoms with Gasteiger partial charge in [0.05, 0.1) is 17.6 Å². The van der Waals surface area contributed by atoms with Gasteiger partial charge in [0, 0.05) is 48.7 Å². The Balaban J connectivity index is 1.46. The van der Waals surface area contributed by atoms with Crippen molar-refractivity contribution in [1.29, 1.82) is 0 Å².